The van der Waals surface area contributed by atoms with Crippen LogP contribution in [0.3, 0.4) is 0 Å². The molecular formula is C26H28N6OS2. The molecule has 1 aromatic carbocycles. The first kappa shape index (κ1) is 22.8. The van der Waals surface area contributed by atoms with Gasteiger partial charge in [0.05, 0.1) is 22.3 Å². The number of allylic oxidation sites excluding steroid dienone is 1. The lowest BCUT2D eigenvalue weighted by molar-refractivity contribution is -0.113. The SMILES string of the molecule is CCCCC1=NC2Sc3c(ncn4c(SCC(=O)Nc5ccc(C)cc5)nnc34)C2C2=C1CCC2. The zero-order valence-corrected chi connectivity index (χ0v) is 21.6. The topological polar surface area (TPSA) is 84.5 Å². The number of rotatable bonds is 7. The average Bonchev–Trinajstić information content (AvgIpc) is 3.58. The number of carbonyl (C=O) groups excluding carboxylic acids is 1. The van der Waals surface area contributed by atoms with Crippen LogP contribution in [0.1, 0.15) is 62.6 Å². The van der Waals surface area contributed by atoms with Crippen LogP contribution in [0.25, 0.3) is 5.65 Å². The number of fused-ring (bicyclic) bond motifs is 6. The van der Waals surface area contributed by atoms with E-state index < -0.39 is 0 Å². The highest BCUT2D eigenvalue weighted by Gasteiger charge is 2.44. The summed E-state index contributed by atoms with van der Waals surface area (Å²) in [6.45, 7) is 4.27. The number of nitrogens with one attached hydrogen (secondary N) is 1. The van der Waals surface area contributed by atoms with Gasteiger partial charge >= 0.3 is 0 Å². The molecular weight excluding hydrogens is 476 g/mol. The van der Waals surface area contributed by atoms with Crippen LogP contribution in [0.5, 0.6) is 0 Å². The Bertz CT molecular complexity index is 1360. The standard InChI is InChI=1S/C26H28N6OS2/c1-3-4-8-19-17-6-5-7-18(17)21-22-23(35-25(21)29-19)24-30-31-26(32(24)14-27-22)34-13-20(33)28-16-11-9-15(2)10-12-16/h9-12,14,21,25H,3-8,13H2,1-2H3,(H,28,33). The molecule has 0 saturated carbocycles. The molecule has 0 fully saturated rings. The molecule has 3 aromatic rings. The van der Waals surface area contributed by atoms with Gasteiger partial charge in [0.2, 0.25) is 5.91 Å². The van der Waals surface area contributed by atoms with Crippen LogP contribution >= 0.6 is 23.5 Å². The molecule has 7 nitrogen and oxygen atoms in total. The van der Waals surface area contributed by atoms with Gasteiger partial charge in [-0.3, -0.25) is 14.2 Å². The summed E-state index contributed by atoms with van der Waals surface area (Å²) < 4.78 is 1.92. The van der Waals surface area contributed by atoms with Crippen LogP contribution in [0.2, 0.25) is 0 Å². The van der Waals surface area contributed by atoms with Gasteiger partial charge in [0, 0.05) is 11.4 Å². The largest absolute Gasteiger partial charge is 0.325 e. The number of nitrogens with zero attached hydrogens (tertiary/aromatic N) is 5. The van der Waals surface area contributed by atoms with Gasteiger partial charge in [0.25, 0.3) is 0 Å². The molecule has 2 aliphatic heterocycles. The zero-order chi connectivity index (χ0) is 23.9. The lowest BCUT2D eigenvalue weighted by Crippen LogP contribution is -2.21. The highest BCUT2D eigenvalue weighted by molar-refractivity contribution is 8.00. The molecule has 4 heterocycles. The molecule has 2 aromatic heterocycles. The Balaban J connectivity index is 1.22. The van der Waals surface area contributed by atoms with Gasteiger partial charge in [-0.1, -0.05) is 60.1 Å². The zero-order valence-electron chi connectivity index (χ0n) is 20.0. The maximum absolute atomic E-state index is 12.5. The summed E-state index contributed by atoms with van der Waals surface area (Å²) >= 11 is 3.15. The summed E-state index contributed by atoms with van der Waals surface area (Å²) in [5, 5.41) is 12.7. The van der Waals surface area contributed by atoms with E-state index in [2.05, 4.69) is 22.4 Å². The molecule has 3 aliphatic rings. The molecule has 1 aliphatic carbocycles. The van der Waals surface area contributed by atoms with E-state index in [1.54, 1.807) is 17.3 Å². The number of aliphatic imine (C=N–C) groups is 1. The van der Waals surface area contributed by atoms with Crippen LogP contribution in [0.15, 0.2) is 56.8 Å². The lowest BCUT2D eigenvalue weighted by Gasteiger charge is -2.26. The van der Waals surface area contributed by atoms with Crippen molar-refractivity contribution in [3.63, 3.8) is 0 Å². The third-order valence-corrected chi connectivity index (χ3v) is 9.12. The van der Waals surface area contributed by atoms with E-state index >= 15 is 0 Å². The average molecular weight is 505 g/mol. The number of unbranched alkanes of at least 4 members (excludes halogenated alkanes) is 1. The second-order valence-electron chi connectivity index (χ2n) is 9.36. The van der Waals surface area contributed by atoms with Crippen molar-refractivity contribution in [1.82, 2.24) is 19.6 Å². The van der Waals surface area contributed by atoms with E-state index in [4.69, 9.17) is 9.98 Å². The number of dihydropyridines is 1. The molecule has 9 heteroatoms. The molecule has 2 unspecified atom stereocenters. The van der Waals surface area contributed by atoms with Crippen molar-refractivity contribution in [2.45, 2.75) is 73.7 Å². The van der Waals surface area contributed by atoms with E-state index in [1.165, 1.54) is 42.3 Å². The van der Waals surface area contributed by atoms with Crippen molar-refractivity contribution in [1.29, 1.82) is 0 Å². The van der Waals surface area contributed by atoms with Crippen molar-refractivity contribution in [3.8, 4) is 0 Å². The summed E-state index contributed by atoms with van der Waals surface area (Å²) in [5.41, 5.74) is 8.27. The summed E-state index contributed by atoms with van der Waals surface area (Å²) in [7, 11) is 0. The Morgan fingerprint density at radius 1 is 1.23 bits per heavy atom. The Kier molecular flexibility index (Phi) is 6.14. The Morgan fingerprint density at radius 2 is 2.09 bits per heavy atom. The van der Waals surface area contributed by atoms with Crippen molar-refractivity contribution in [2.24, 2.45) is 4.99 Å². The predicted molar refractivity (Wildman–Crippen MR) is 142 cm³/mol. The van der Waals surface area contributed by atoms with Gasteiger partial charge < -0.3 is 5.32 Å². The minimum Gasteiger partial charge on any atom is -0.325 e. The van der Waals surface area contributed by atoms with Crippen LogP contribution in [-0.4, -0.2) is 42.3 Å². The molecule has 0 radical (unpaired) electrons. The molecule has 0 saturated heterocycles. The van der Waals surface area contributed by atoms with E-state index in [0.717, 1.165) is 46.7 Å². The fraction of sp³-hybridized carbons (Fsp3) is 0.423. The Hall–Kier alpha value is -2.65. The van der Waals surface area contributed by atoms with E-state index in [1.807, 2.05) is 41.9 Å². The van der Waals surface area contributed by atoms with Gasteiger partial charge in [0.15, 0.2) is 10.8 Å². The fourth-order valence-electron chi connectivity index (χ4n) is 5.22. The van der Waals surface area contributed by atoms with Crippen LogP contribution in [-0.2, 0) is 4.79 Å². The number of aromatic nitrogens is 4. The summed E-state index contributed by atoms with van der Waals surface area (Å²) in [4.78, 5) is 23.7. The van der Waals surface area contributed by atoms with E-state index in [-0.39, 0.29) is 23.0 Å². The van der Waals surface area contributed by atoms with Crippen LogP contribution in [0.4, 0.5) is 5.69 Å². The van der Waals surface area contributed by atoms with E-state index in [0.29, 0.717) is 5.16 Å². The third-order valence-electron chi connectivity index (χ3n) is 6.93. The number of hydrogen-bond acceptors (Lipinski definition) is 7. The quantitative estimate of drug-likeness (QED) is 0.409. The number of aryl methyl sites for hydroxylation is 1. The number of anilines is 1. The normalized spacial score (nSPS) is 20.6. The molecule has 6 rings (SSSR count). The van der Waals surface area contributed by atoms with Crippen molar-refractivity contribution < 1.29 is 4.79 Å². The predicted octanol–water partition coefficient (Wildman–Crippen LogP) is 5.80. The van der Waals surface area contributed by atoms with Crippen molar-refractivity contribution in [3.05, 3.63) is 53.0 Å². The first-order valence-corrected chi connectivity index (χ1v) is 14.2. The minimum absolute atomic E-state index is 0.0697. The smallest absolute Gasteiger partial charge is 0.234 e. The highest BCUT2D eigenvalue weighted by Crippen LogP contribution is 2.55. The maximum atomic E-state index is 12.5. The van der Waals surface area contributed by atoms with Gasteiger partial charge in [-0.05, 0) is 56.7 Å². The number of benzene rings is 1. The lowest BCUT2D eigenvalue weighted by atomic mass is 9.87. The summed E-state index contributed by atoms with van der Waals surface area (Å²) in [6.07, 6.45) is 8.80. The van der Waals surface area contributed by atoms with Gasteiger partial charge in [0.1, 0.15) is 11.7 Å². The monoisotopic (exact) mass is 504 g/mol. The first-order chi connectivity index (χ1) is 17.1. The third kappa shape index (κ3) is 4.18. The number of carbonyl (C=O) groups is 1. The fourth-order valence-corrected chi connectivity index (χ4v) is 7.32. The van der Waals surface area contributed by atoms with Crippen LogP contribution < -0.4 is 5.32 Å². The number of thioether (sulfide) groups is 2. The summed E-state index contributed by atoms with van der Waals surface area (Å²) in [5.74, 6) is 0.446. The maximum Gasteiger partial charge on any atom is 0.234 e. The highest BCUT2D eigenvalue weighted by atomic mass is 32.2. The molecule has 35 heavy (non-hydrogen) atoms. The molecule has 0 spiro atoms. The molecule has 1 amide bonds. The Labute approximate surface area is 213 Å². The molecule has 1 N–H and O–H groups in total. The van der Waals surface area contributed by atoms with Crippen molar-refractivity contribution in [2.75, 3.05) is 11.1 Å². The Morgan fingerprint density at radius 3 is 2.91 bits per heavy atom. The second kappa shape index (κ2) is 9.43. The summed E-state index contributed by atoms with van der Waals surface area (Å²) in [6, 6.07) is 7.79. The van der Waals surface area contributed by atoms with Gasteiger partial charge in [-0.15, -0.1) is 10.2 Å². The molecule has 0 bridgehead atoms. The minimum atomic E-state index is -0.0697. The number of amides is 1. The van der Waals surface area contributed by atoms with Crippen LogP contribution in [0, 0.1) is 6.92 Å². The molecule has 180 valence electrons. The molecule has 2 atom stereocenters. The second-order valence-corrected chi connectivity index (χ2v) is 11.4. The van der Waals surface area contributed by atoms with Gasteiger partial charge in [-0.2, -0.15) is 0 Å². The van der Waals surface area contributed by atoms with Crippen molar-refractivity contribution >= 4 is 46.5 Å². The van der Waals surface area contributed by atoms with E-state index in [9.17, 15) is 4.79 Å². The number of hydrogen-bond donors (Lipinski definition) is 1. The first-order valence-electron chi connectivity index (χ1n) is 12.3. The van der Waals surface area contributed by atoms with Gasteiger partial charge in [-0.25, -0.2) is 4.98 Å².